The Kier molecular flexibility index (Phi) is 3.42. The van der Waals surface area contributed by atoms with Crippen LogP contribution in [-0.2, 0) is 6.54 Å². The van der Waals surface area contributed by atoms with Gasteiger partial charge in [0.15, 0.2) is 0 Å². The highest BCUT2D eigenvalue weighted by molar-refractivity contribution is 5.94. The molecule has 3 rings (SSSR count). The predicted molar refractivity (Wildman–Crippen MR) is 76.3 cm³/mol. The molecule has 0 unspecified atom stereocenters. The van der Waals surface area contributed by atoms with Crippen molar-refractivity contribution in [2.45, 2.75) is 31.8 Å². The van der Waals surface area contributed by atoms with Gasteiger partial charge in [-0.15, -0.1) is 0 Å². The molecule has 1 aliphatic heterocycles. The van der Waals surface area contributed by atoms with Gasteiger partial charge in [-0.3, -0.25) is 4.90 Å². The summed E-state index contributed by atoms with van der Waals surface area (Å²) in [5.41, 5.74) is 2.32. The van der Waals surface area contributed by atoms with E-state index in [1.807, 2.05) is 24.1 Å². The van der Waals surface area contributed by atoms with Gasteiger partial charge in [-0.25, -0.2) is 4.79 Å². The normalized spacial score (nSPS) is 18.7. The number of benzene rings is 1. The Labute approximate surface area is 114 Å². The van der Waals surface area contributed by atoms with E-state index in [4.69, 9.17) is 0 Å². The number of amides is 2. The summed E-state index contributed by atoms with van der Waals surface area (Å²) in [4.78, 5) is 16.0. The number of carbonyl (C=O) groups excluding carboxylic acids is 1. The quantitative estimate of drug-likeness (QED) is 0.823. The molecular weight excluding hydrogens is 238 g/mol. The van der Waals surface area contributed by atoms with Gasteiger partial charge < -0.3 is 10.2 Å². The number of fused-ring (bicyclic) bond motifs is 1. The molecule has 19 heavy (non-hydrogen) atoms. The highest BCUT2D eigenvalue weighted by Gasteiger charge is 2.27. The summed E-state index contributed by atoms with van der Waals surface area (Å²) in [6.45, 7) is 2.51. The van der Waals surface area contributed by atoms with Crippen molar-refractivity contribution >= 4 is 11.7 Å². The van der Waals surface area contributed by atoms with Gasteiger partial charge in [0.05, 0.1) is 5.69 Å². The zero-order chi connectivity index (χ0) is 13.2. The van der Waals surface area contributed by atoms with Crippen LogP contribution in [0.4, 0.5) is 10.5 Å². The van der Waals surface area contributed by atoms with Crippen LogP contribution in [0.3, 0.4) is 0 Å². The van der Waals surface area contributed by atoms with Crippen LogP contribution < -0.4 is 10.2 Å². The Morgan fingerprint density at radius 3 is 2.89 bits per heavy atom. The number of hydrogen-bond acceptors (Lipinski definition) is 2. The number of nitrogens with one attached hydrogen (secondary N) is 1. The van der Waals surface area contributed by atoms with E-state index < -0.39 is 0 Å². The summed E-state index contributed by atoms with van der Waals surface area (Å²) in [5.74, 6) is 0. The van der Waals surface area contributed by atoms with E-state index in [0.29, 0.717) is 6.54 Å². The third-order valence-electron chi connectivity index (χ3n) is 3.82. The van der Waals surface area contributed by atoms with E-state index in [0.717, 1.165) is 31.2 Å². The summed E-state index contributed by atoms with van der Waals surface area (Å²) in [7, 11) is 1.87. The molecule has 0 radical (unpaired) electrons. The molecule has 1 aromatic rings. The first-order valence-electron chi connectivity index (χ1n) is 7.09. The van der Waals surface area contributed by atoms with Crippen molar-refractivity contribution < 1.29 is 4.79 Å². The maximum Gasteiger partial charge on any atom is 0.324 e. The first-order valence-corrected chi connectivity index (χ1v) is 7.09. The van der Waals surface area contributed by atoms with Crippen LogP contribution in [0, 0.1) is 0 Å². The van der Waals surface area contributed by atoms with Crippen molar-refractivity contribution in [2.24, 2.45) is 0 Å². The number of para-hydroxylation sites is 1. The lowest BCUT2D eigenvalue weighted by Crippen LogP contribution is -2.46. The first-order chi connectivity index (χ1) is 9.25. The molecule has 0 aromatic heterocycles. The molecule has 1 aliphatic carbocycles. The Hall–Kier alpha value is -1.55. The molecular formula is C15H21N3O. The van der Waals surface area contributed by atoms with Crippen molar-refractivity contribution in [3.8, 4) is 0 Å². The number of anilines is 1. The standard InChI is InChI=1S/C15H21N3O/c1-17-11-12-5-2-3-6-14(12)18(15(17)19)10-4-9-16-13-7-8-13/h2-3,5-6,13,16H,4,7-11H2,1H3. The van der Waals surface area contributed by atoms with Crippen LogP contribution in [0.1, 0.15) is 24.8 Å². The number of hydrogen-bond donors (Lipinski definition) is 1. The average Bonchev–Trinajstić information content (AvgIpc) is 3.22. The summed E-state index contributed by atoms with van der Waals surface area (Å²) in [6.07, 6.45) is 3.63. The monoisotopic (exact) mass is 259 g/mol. The van der Waals surface area contributed by atoms with Gasteiger partial charge >= 0.3 is 6.03 Å². The Morgan fingerprint density at radius 1 is 1.32 bits per heavy atom. The molecule has 1 saturated carbocycles. The Balaban J connectivity index is 1.65. The number of nitrogens with zero attached hydrogens (tertiary/aromatic N) is 2. The van der Waals surface area contributed by atoms with Crippen molar-refractivity contribution in [3.63, 3.8) is 0 Å². The van der Waals surface area contributed by atoms with Gasteiger partial charge in [-0.05, 0) is 37.4 Å². The maximum atomic E-state index is 12.3. The summed E-state index contributed by atoms with van der Waals surface area (Å²) in [5, 5.41) is 3.49. The van der Waals surface area contributed by atoms with Crippen molar-refractivity contribution in [3.05, 3.63) is 29.8 Å². The molecule has 0 bridgehead atoms. The molecule has 0 spiro atoms. The fourth-order valence-electron chi connectivity index (χ4n) is 2.59. The lowest BCUT2D eigenvalue weighted by atomic mass is 10.1. The van der Waals surface area contributed by atoms with Crippen LogP contribution in [0.5, 0.6) is 0 Å². The number of rotatable bonds is 5. The number of urea groups is 1. The second-order valence-electron chi connectivity index (χ2n) is 5.50. The highest BCUT2D eigenvalue weighted by Crippen LogP contribution is 2.27. The van der Waals surface area contributed by atoms with E-state index in [1.54, 1.807) is 4.90 Å². The van der Waals surface area contributed by atoms with Gasteiger partial charge in [0.2, 0.25) is 0 Å². The largest absolute Gasteiger partial charge is 0.324 e. The fourth-order valence-corrected chi connectivity index (χ4v) is 2.59. The van der Waals surface area contributed by atoms with Crippen LogP contribution >= 0.6 is 0 Å². The minimum atomic E-state index is 0.116. The zero-order valence-corrected chi connectivity index (χ0v) is 11.4. The van der Waals surface area contributed by atoms with Crippen molar-refractivity contribution in [1.29, 1.82) is 0 Å². The van der Waals surface area contributed by atoms with E-state index in [9.17, 15) is 4.79 Å². The second kappa shape index (κ2) is 5.21. The Bertz CT molecular complexity index is 470. The van der Waals surface area contributed by atoms with E-state index in [-0.39, 0.29) is 6.03 Å². The third kappa shape index (κ3) is 2.73. The molecule has 2 aliphatic rings. The van der Waals surface area contributed by atoms with Gasteiger partial charge in [-0.2, -0.15) is 0 Å². The molecule has 1 aromatic carbocycles. The fraction of sp³-hybridized carbons (Fsp3) is 0.533. The van der Waals surface area contributed by atoms with Gasteiger partial charge in [0.1, 0.15) is 0 Å². The molecule has 0 saturated heterocycles. The van der Waals surface area contributed by atoms with Crippen LogP contribution in [0.25, 0.3) is 0 Å². The summed E-state index contributed by atoms with van der Waals surface area (Å²) >= 11 is 0. The van der Waals surface area contributed by atoms with Crippen molar-refractivity contribution in [2.75, 3.05) is 25.0 Å². The van der Waals surface area contributed by atoms with Gasteiger partial charge in [0.25, 0.3) is 0 Å². The lowest BCUT2D eigenvalue weighted by molar-refractivity contribution is 0.210. The molecule has 0 atom stereocenters. The van der Waals surface area contributed by atoms with E-state index in [1.165, 1.54) is 18.4 Å². The average molecular weight is 259 g/mol. The molecule has 1 heterocycles. The SMILES string of the molecule is CN1Cc2ccccc2N(CCCNC2CC2)C1=O. The van der Waals surface area contributed by atoms with E-state index >= 15 is 0 Å². The summed E-state index contributed by atoms with van der Waals surface area (Å²) < 4.78 is 0. The molecule has 4 heteroatoms. The van der Waals surface area contributed by atoms with E-state index in [2.05, 4.69) is 17.4 Å². The maximum absolute atomic E-state index is 12.3. The molecule has 2 amide bonds. The molecule has 102 valence electrons. The highest BCUT2D eigenvalue weighted by atomic mass is 16.2. The molecule has 1 fully saturated rings. The van der Waals surface area contributed by atoms with Crippen molar-refractivity contribution in [1.82, 2.24) is 10.2 Å². The predicted octanol–water partition coefficient (Wildman–Crippen LogP) is 2.20. The van der Waals surface area contributed by atoms with Crippen LogP contribution in [0.2, 0.25) is 0 Å². The smallest absolute Gasteiger partial charge is 0.323 e. The minimum Gasteiger partial charge on any atom is -0.323 e. The first kappa shape index (κ1) is 12.5. The van der Waals surface area contributed by atoms with Crippen LogP contribution in [0.15, 0.2) is 24.3 Å². The molecule has 4 nitrogen and oxygen atoms in total. The second-order valence-corrected chi connectivity index (χ2v) is 5.50. The topological polar surface area (TPSA) is 35.6 Å². The summed E-state index contributed by atoms with van der Waals surface area (Å²) in [6, 6.07) is 9.06. The molecule has 1 N–H and O–H groups in total. The zero-order valence-electron chi connectivity index (χ0n) is 11.4. The lowest BCUT2D eigenvalue weighted by Gasteiger charge is -2.35. The third-order valence-corrected chi connectivity index (χ3v) is 3.82. The Morgan fingerprint density at radius 2 is 2.11 bits per heavy atom. The van der Waals surface area contributed by atoms with Gasteiger partial charge in [0, 0.05) is 26.2 Å². The van der Waals surface area contributed by atoms with Crippen LogP contribution in [-0.4, -0.2) is 37.1 Å². The number of carbonyl (C=O) groups is 1. The van der Waals surface area contributed by atoms with Gasteiger partial charge in [-0.1, -0.05) is 18.2 Å². The minimum absolute atomic E-state index is 0.116.